The van der Waals surface area contributed by atoms with E-state index in [4.69, 9.17) is 5.73 Å². The lowest BCUT2D eigenvalue weighted by molar-refractivity contribution is -0.383. The quantitative estimate of drug-likeness (QED) is 0.685. The van der Waals surface area contributed by atoms with E-state index >= 15 is 0 Å². The number of anilines is 2. The molecule has 0 spiro atoms. The van der Waals surface area contributed by atoms with Crippen molar-refractivity contribution in [3.8, 4) is 0 Å². The number of nitrogens with two attached hydrogens (primary N) is 1. The third-order valence-corrected chi connectivity index (χ3v) is 6.08. The Balaban J connectivity index is 2.47. The number of sulfonamides is 1. The molecule has 2 N–H and O–H groups in total. The van der Waals surface area contributed by atoms with E-state index in [2.05, 4.69) is 0 Å². The summed E-state index contributed by atoms with van der Waals surface area (Å²) >= 11 is 0.683. The molecular formula is C12H13N3O4S2. The Bertz CT molecular complexity index is 799. The second-order valence-corrected chi connectivity index (χ2v) is 7.66. The Hall–Kier alpha value is -2.13. The SMILES string of the molecule is Cc1cccc(N(C)S(=O)(=O)c2cc([N+](=O)[O-])c(N)s2)c1. The first-order chi connectivity index (χ1) is 9.73. The van der Waals surface area contributed by atoms with Crippen LogP contribution in [0.1, 0.15) is 5.56 Å². The first-order valence-corrected chi connectivity index (χ1v) is 8.08. The second kappa shape index (κ2) is 5.34. The molecular weight excluding hydrogens is 314 g/mol. The highest BCUT2D eigenvalue weighted by atomic mass is 32.2. The van der Waals surface area contributed by atoms with Gasteiger partial charge in [0.1, 0.15) is 4.21 Å². The van der Waals surface area contributed by atoms with E-state index in [1.807, 2.05) is 13.0 Å². The van der Waals surface area contributed by atoms with Gasteiger partial charge in [0.05, 0.1) is 10.6 Å². The molecule has 0 radical (unpaired) electrons. The van der Waals surface area contributed by atoms with Crippen molar-refractivity contribution in [3.05, 3.63) is 46.0 Å². The van der Waals surface area contributed by atoms with Gasteiger partial charge < -0.3 is 5.73 Å². The maximum Gasteiger partial charge on any atom is 0.304 e. The number of hydrogen-bond acceptors (Lipinski definition) is 6. The van der Waals surface area contributed by atoms with Crippen molar-refractivity contribution in [1.82, 2.24) is 0 Å². The van der Waals surface area contributed by atoms with Crippen molar-refractivity contribution >= 4 is 37.7 Å². The van der Waals surface area contributed by atoms with Gasteiger partial charge in [-0.3, -0.25) is 14.4 Å². The predicted molar refractivity (Wildman–Crippen MR) is 82.2 cm³/mol. The number of nitro groups is 1. The van der Waals surface area contributed by atoms with Gasteiger partial charge in [-0.15, -0.1) is 0 Å². The molecule has 0 saturated carbocycles. The van der Waals surface area contributed by atoms with Gasteiger partial charge in [-0.25, -0.2) is 8.42 Å². The number of aryl methyl sites for hydroxylation is 1. The molecule has 21 heavy (non-hydrogen) atoms. The van der Waals surface area contributed by atoms with E-state index in [1.165, 1.54) is 7.05 Å². The summed E-state index contributed by atoms with van der Waals surface area (Å²) < 4.78 is 25.9. The van der Waals surface area contributed by atoms with Crippen LogP contribution in [0.2, 0.25) is 0 Å². The Kier molecular flexibility index (Phi) is 3.88. The fourth-order valence-electron chi connectivity index (χ4n) is 1.74. The van der Waals surface area contributed by atoms with Crippen molar-refractivity contribution < 1.29 is 13.3 Å². The molecule has 1 aromatic carbocycles. The molecule has 9 heteroatoms. The Morgan fingerprint density at radius 2 is 2.00 bits per heavy atom. The topological polar surface area (TPSA) is 107 Å². The minimum Gasteiger partial charge on any atom is -0.385 e. The number of hydrogen-bond donors (Lipinski definition) is 1. The number of rotatable bonds is 4. The largest absolute Gasteiger partial charge is 0.385 e. The summed E-state index contributed by atoms with van der Waals surface area (Å²) in [6.07, 6.45) is 0. The van der Waals surface area contributed by atoms with Gasteiger partial charge in [0, 0.05) is 13.1 Å². The van der Waals surface area contributed by atoms with Gasteiger partial charge in [-0.2, -0.15) is 0 Å². The maximum absolute atomic E-state index is 12.5. The third-order valence-electron chi connectivity index (χ3n) is 2.89. The van der Waals surface area contributed by atoms with Crippen molar-refractivity contribution in [2.45, 2.75) is 11.1 Å². The molecule has 1 heterocycles. The summed E-state index contributed by atoms with van der Waals surface area (Å²) in [6.45, 7) is 1.85. The molecule has 7 nitrogen and oxygen atoms in total. The lowest BCUT2D eigenvalue weighted by Gasteiger charge is -2.18. The van der Waals surface area contributed by atoms with E-state index < -0.39 is 20.6 Å². The van der Waals surface area contributed by atoms with Crippen molar-refractivity contribution in [1.29, 1.82) is 0 Å². The first-order valence-electron chi connectivity index (χ1n) is 5.83. The van der Waals surface area contributed by atoms with Crippen LogP contribution < -0.4 is 10.0 Å². The molecule has 0 aliphatic heterocycles. The van der Waals surface area contributed by atoms with Crippen molar-refractivity contribution in [2.24, 2.45) is 0 Å². The van der Waals surface area contributed by atoms with E-state index in [-0.39, 0.29) is 9.21 Å². The summed E-state index contributed by atoms with van der Waals surface area (Å²) in [6, 6.07) is 7.93. The summed E-state index contributed by atoms with van der Waals surface area (Å²) in [5, 5.41) is 10.6. The van der Waals surface area contributed by atoms with Gasteiger partial charge in [-0.1, -0.05) is 23.5 Å². The van der Waals surface area contributed by atoms with Crippen LogP contribution in [0.15, 0.2) is 34.5 Å². The van der Waals surface area contributed by atoms with Crippen LogP contribution in [-0.2, 0) is 10.0 Å². The molecule has 0 bridgehead atoms. The number of nitrogens with zero attached hydrogens (tertiary/aromatic N) is 2. The van der Waals surface area contributed by atoms with Gasteiger partial charge in [0.2, 0.25) is 0 Å². The number of thiophene rings is 1. The normalized spacial score (nSPS) is 11.3. The molecule has 112 valence electrons. The highest BCUT2D eigenvalue weighted by molar-refractivity contribution is 7.94. The van der Waals surface area contributed by atoms with Crippen LogP contribution in [0.3, 0.4) is 0 Å². The minimum atomic E-state index is -3.88. The van der Waals surface area contributed by atoms with Crippen LogP contribution in [0.25, 0.3) is 0 Å². The average Bonchev–Trinajstić information content (AvgIpc) is 2.80. The van der Waals surface area contributed by atoms with Crippen LogP contribution in [0.4, 0.5) is 16.4 Å². The maximum atomic E-state index is 12.5. The van der Waals surface area contributed by atoms with Crippen LogP contribution in [-0.4, -0.2) is 20.4 Å². The lowest BCUT2D eigenvalue weighted by Crippen LogP contribution is -2.25. The summed E-state index contributed by atoms with van der Waals surface area (Å²) in [4.78, 5) is 10.1. The van der Waals surface area contributed by atoms with E-state index in [9.17, 15) is 18.5 Å². The van der Waals surface area contributed by atoms with Crippen LogP contribution >= 0.6 is 11.3 Å². The number of nitrogen functional groups attached to an aromatic ring is 1. The monoisotopic (exact) mass is 327 g/mol. The molecule has 0 saturated heterocycles. The molecule has 0 unspecified atom stereocenters. The van der Waals surface area contributed by atoms with Crippen molar-refractivity contribution in [3.63, 3.8) is 0 Å². The summed E-state index contributed by atoms with van der Waals surface area (Å²) in [5.41, 5.74) is 6.49. The Morgan fingerprint density at radius 1 is 1.33 bits per heavy atom. The fourth-order valence-corrected chi connectivity index (χ4v) is 4.31. The molecule has 0 fully saturated rings. The first kappa shape index (κ1) is 15.3. The standard InChI is InChI=1S/C12H13N3O4S2/c1-8-4-3-5-9(6-8)14(2)21(18,19)11-7-10(15(16)17)12(13)20-11/h3-7H,13H2,1-2H3. The van der Waals surface area contributed by atoms with E-state index in [0.717, 1.165) is 15.9 Å². The van der Waals surface area contributed by atoms with E-state index in [1.54, 1.807) is 18.2 Å². The summed E-state index contributed by atoms with van der Waals surface area (Å²) in [5.74, 6) is 0. The molecule has 0 aliphatic rings. The average molecular weight is 327 g/mol. The third kappa shape index (κ3) is 2.83. The zero-order chi connectivity index (χ0) is 15.8. The minimum absolute atomic E-state index is 0.129. The fraction of sp³-hybridized carbons (Fsp3) is 0.167. The molecule has 2 rings (SSSR count). The smallest absolute Gasteiger partial charge is 0.304 e. The second-order valence-electron chi connectivity index (χ2n) is 4.38. The predicted octanol–water partition coefficient (Wildman–Crippen LogP) is 2.37. The van der Waals surface area contributed by atoms with Gasteiger partial charge in [-0.05, 0) is 24.6 Å². The van der Waals surface area contributed by atoms with Crippen LogP contribution in [0.5, 0.6) is 0 Å². The van der Waals surface area contributed by atoms with Crippen LogP contribution in [0, 0.1) is 17.0 Å². The summed E-state index contributed by atoms with van der Waals surface area (Å²) in [7, 11) is -2.48. The molecule has 2 aromatic rings. The Labute approximate surface area is 125 Å². The van der Waals surface area contributed by atoms with Crippen molar-refractivity contribution in [2.75, 3.05) is 17.1 Å². The number of benzene rings is 1. The van der Waals surface area contributed by atoms with E-state index in [0.29, 0.717) is 17.0 Å². The molecule has 0 atom stereocenters. The van der Waals surface area contributed by atoms with Gasteiger partial charge in [0.25, 0.3) is 10.0 Å². The zero-order valence-electron chi connectivity index (χ0n) is 11.3. The lowest BCUT2D eigenvalue weighted by atomic mass is 10.2. The van der Waals surface area contributed by atoms with Gasteiger partial charge in [0.15, 0.2) is 5.00 Å². The Morgan fingerprint density at radius 3 is 2.52 bits per heavy atom. The molecule has 0 aliphatic carbocycles. The highest BCUT2D eigenvalue weighted by Crippen LogP contribution is 2.36. The highest BCUT2D eigenvalue weighted by Gasteiger charge is 2.28. The zero-order valence-corrected chi connectivity index (χ0v) is 12.9. The molecule has 1 aromatic heterocycles. The molecule has 0 amide bonds. The van der Waals surface area contributed by atoms with Gasteiger partial charge >= 0.3 is 5.69 Å².